The Morgan fingerprint density at radius 2 is 1.90 bits per heavy atom. The zero-order chi connectivity index (χ0) is 16.3. The first kappa shape index (κ1) is 18.9. The molecule has 1 rings (SSSR count). The van der Waals surface area contributed by atoms with Crippen molar-refractivity contribution >= 4 is 40.7 Å². The lowest BCUT2D eigenvalue weighted by Gasteiger charge is -2.19. The highest BCUT2D eigenvalue weighted by molar-refractivity contribution is 7.87. The molecule has 21 heavy (non-hydrogen) atoms. The molecule has 0 aromatic heterocycles. The van der Waals surface area contributed by atoms with E-state index < -0.39 is 23.8 Å². The standard InChI is InChI=1S/C12H17Cl2O5PS/c1-4-20(15,19-9(2)3)8-18-21(16,17)12-7-10(13)5-6-11(12)14/h5-7,9H,4,8H2,1-3H3. The monoisotopic (exact) mass is 374 g/mol. The van der Waals surface area contributed by atoms with Gasteiger partial charge < -0.3 is 4.52 Å². The zero-order valence-corrected chi connectivity index (χ0v) is 15.1. The molecule has 1 atom stereocenters. The Morgan fingerprint density at radius 1 is 1.29 bits per heavy atom. The summed E-state index contributed by atoms with van der Waals surface area (Å²) in [5.74, 6) is 0. The number of halogens is 2. The summed E-state index contributed by atoms with van der Waals surface area (Å²) in [4.78, 5) is -0.260. The van der Waals surface area contributed by atoms with E-state index in [2.05, 4.69) is 0 Å². The first-order valence-electron chi connectivity index (χ1n) is 6.20. The van der Waals surface area contributed by atoms with Crippen molar-refractivity contribution in [1.29, 1.82) is 0 Å². The van der Waals surface area contributed by atoms with E-state index in [9.17, 15) is 13.0 Å². The Hall–Kier alpha value is -0.100. The fraction of sp³-hybridized carbons (Fsp3) is 0.500. The molecule has 0 bridgehead atoms. The maximum absolute atomic E-state index is 12.4. The SMILES string of the molecule is CCP(=O)(COS(=O)(=O)c1cc(Cl)ccc1Cl)OC(C)C. The van der Waals surface area contributed by atoms with Gasteiger partial charge in [-0.3, -0.25) is 8.75 Å². The summed E-state index contributed by atoms with van der Waals surface area (Å²) < 4.78 is 46.7. The summed E-state index contributed by atoms with van der Waals surface area (Å²) in [5, 5.41) is 0.189. The second-order valence-corrected chi connectivity index (χ2v) is 9.72. The van der Waals surface area contributed by atoms with Crippen LogP contribution in [0.1, 0.15) is 20.8 Å². The van der Waals surface area contributed by atoms with Gasteiger partial charge >= 0.3 is 0 Å². The molecule has 0 spiro atoms. The van der Waals surface area contributed by atoms with Gasteiger partial charge in [0.25, 0.3) is 10.1 Å². The Kier molecular flexibility index (Phi) is 6.72. The summed E-state index contributed by atoms with van der Waals surface area (Å²) in [6.45, 7) is 5.07. The topological polar surface area (TPSA) is 69.7 Å². The van der Waals surface area contributed by atoms with Crippen molar-refractivity contribution in [3.63, 3.8) is 0 Å². The van der Waals surface area contributed by atoms with Crippen molar-refractivity contribution in [1.82, 2.24) is 0 Å². The van der Waals surface area contributed by atoms with Crippen LogP contribution in [0.2, 0.25) is 10.0 Å². The third-order valence-electron chi connectivity index (χ3n) is 2.45. The van der Waals surface area contributed by atoms with Crippen molar-refractivity contribution in [2.45, 2.75) is 31.8 Å². The molecule has 0 radical (unpaired) electrons. The lowest BCUT2D eigenvalue weighted by Crippen LogP contribution is -2.12. The molecule has 1 unspecified atom stereocenters. The molecule has 0 aliphatic rings. The van der Waals surface area contributed by atoms with Crippen LogP contribution in [0.4, 0.5) is 0 Å². The Balaban J connectivity index is 2.96. The fourth-order valence-electron chi connectivity index (χ4n) is 1.46. The minimum Gasteiger partial charge on any atom is -0.324 e. The van der Waals surface area contributed by atoms with Crippen molar-refractivity contribution in [3.8, 4) is 0 Å². The third kappa shape index (κ3) is 5.55. The van der Waals surface area contributed by atoms with Crippen LogP contribution in [-0.4, -0.2) is 27.0 Å². The number of rotatable bonds is 7. The highest BCUT2D eigenvalue weighted by Crippen LogP contribution is 2.48. The van der Waals surface area contributed by atoms with Gasteiger partial charge in [0.1, 0.15) is 11.2 Å². The highest BCUT2D eigenvalue weighted by atomic mass is 35.5. The summed E-state index contributed by atoms with van der Waals surface area (Å²) in [7, 11) is -7.34. The molecule has 0 aliphatic carbocycles. The average molecular weight is 375 g/mol. The van der Waals surface area contributed by atoms with E-state index in [1.807, 2.05) is 0 Å². The molecule has 0 saturated carbocycles. The predicted molar refractivity (Wildman–Crippen MR) is 84.0 cm³/mol. The molecule has 0 saturated heterocycles. The van der Waals surface area contributed by atoms with E-state index in [0.29, 0.717) is 0 Å². The quantitative estimate of drug-likeness (QED) is 0.523. The lowest BCUT2D eigenvalue weighted by atomic mass is 10.4. The molecule has 0 fully saturated rings. The van der Waals surface area contributed by atoms with Crippen LogP contribution in [0.3, 0.4) is 0 Å². The second-order valence-electron chi connectivity index (χ2n) is 4.56. The minimum absolute atomic E-state index is 0.0180. The third-order valence-corrected chi connectivity index (χ3v) is 6.90. The zero-order valence-electron chi connectivity index (χ0n) is 11.9. The van der Waals surface area contributed by atoms with Gasteiger partial charge in [-0.15, -0.1) is 0 Å². The fourth-order valence-corrected chi connectivity index (χ4v) is 5.16. The summed E-state index contributed by atoms with van der Waals surface area (Å²) in [6.07, 6.45) is -0.659. The van der Waals surface area contributed by atoms with Gasteiger partial charge in [-0.05, 0) is 32.0 Å². The van der Waals surface area contributed by atoms with Crippen molar-refractivity contribution in [3.05, 3.63) is 28.2 Å². The maximum Gasteiger partial charge on any atom is 0.299 e. The van der Waals surface area contributed by atoms with E-state index in [0.717, 1.165) is 0 Å². The van der Waals surface area contributed by atoms with Gasteiger partial charge in [0.2, 0.25) is 7.37 Å². The van der Waals surface area contributed by atoms with Crippen molar-refractivity contribution < 1.29 is 21.7 Å². The van der Waals surface area contributed by atoms with Gasteiger partial charge in [-0.2, -0.15) is 8.42 Å². The van der Waals surface area contributed by atoms with Crippen LogP contribution in [0.15, 0.2) is 23.1 Å². The van der Waals surface area contributed by atoms with Gasteiger partial charge in [0.15, 0.2) is 0 Å². The highest BCUT2D eigenvalue weighted by Gasteiger charge is 2.28. The van der Waals surface area contributed by atoms with Crippen LogP contribution >= 0.6 is 30.6 Å². The van der Waals surface area contributed by atoms with E-state index in [-0.39, 0.29) is 27.2 Å². The molecular weight excluding hydrogens is 358 g/mol. The van der Waals surface area contributed by atoms with Crippen LogP contribution in [0.25, 0.3) is 0 Å². The van der Waals surface area contributed by atoms with Crippen LogP contribution in [0, 0.1) is 0 Å². The summed E-state index contributed by atoms with van der Waals surface area (Å²) in [5.41, 5.74) is 0. The van der Waals surface area contributed by atoms with Gasteiger partial charge in [-0.1, -0.05) is 30.1 Å². The lowest BCUT2D eigenvalue weighted by molar-refractivity contribution is 0.228. The van der Waals surface area contributed by atoms with Crippen molar-refractivity contribution in [2.24, 2.45) is 0 Å². The van der Waals surface area contributed by atoms with Crippen LogP contribution < -0.4 is 0 Å². The van der Waals surface area contributed by atoms with E-state index in [1.54, 1.807) is 20.8 Å². The maximum atomic E-state index is 12.4. The molecule has 0 N–H and O–H groups in total. The first-order chi connectivity index (χ1) is 9.59. The molecular formula is C12H17Cl2O5PS. The number of hydrogen-bond acceptors (Lipinski definition) is 5. The Labute approximate surface area is 135 Å². The molecule has 0 amide bonds. The molecule has 5 nitrogen and oxygen atoms in total. The van der Waals surface area contributed by atoms with Crippen molar-refractivity contribution in [2.75, 3.05) is 12.5 Å². The first-order valence-corrected chi connectivity index (χ1v) is 10.4. The van der Waals surface area contributed by atoms with Gasteiger partial charge in [0.05, 0.1) is 11.1 Å². The van der Waals surface area contributed by atoms with E-state index in [4.69, 9.17) is 31.9 Å². The van der Waals surface area contributed by atoms with Crippen LogP contribution in [-0.2, 0) is 23.4 Å². The largest absolute Gasteiger partial charge is 0.324 e. The van der Waals surface area contributed by atoms with Gasteiger partial charge in [-0.25, -0.2) is 0 Å². The Morgan fingerprint density at radius 3 is 2.43 bits per heavy atom. The smallest absolute Gasteiger partial charge is 0.299 e. The molecule has 1 aromatic carbocycles. The normalized spacial score (nSPS) is 15.1. The average Bonchev–Trinajstić information content (AvgIpc) is 2.38. The predicted octanol–water partition coefficient (Wildman–Crippen LogP) is 4.38. The van der Waals surface area contributed by atoms with Crippen LogP contribution in [0.5, 0.6) is 0 Å². The molecule has 0 heterocycles. The molecule has 1 aromatic rings. The number of hydrogen-bond donors (Lipinski definition) is 0. The molecule has 120 valence electrons. The van der Waals surface area contributed by atoms with E-state index >= 15 is 0 Å². The minimum atomic E-state index is -4.16. The summed E-state index contributed by atoms with van der Waals surface area (Å²) in [6, 6.07) is 3.99. The summed E-state index contributed by atoms with van der Waals surface area (Å²) >= 11 is 11.6. The molecule has 0 aliphatic heterocycles. The molecule has 9 heteroatoms. The second kappa shape index (κ2) is 7.44. The van der Waals surface area contributed by atoms with E-state index in [1.165, 1.54) is 18.2 Å². The Bertz CT molecular complexity index is 645. The number of benzene rings is 1. The van der Waals surface area contributed by atoms with Gasteiger partial charge in [0, 0.05) is 11.2 Å².